The number of hydrogen-bond donors (Lipinski definition) is 1. The van der Waals surface area contributed by atoms with Gasteiger partial charge in [-0.05, 0) is 32.6 Å². The molecular formula is C15H29NO4S. The first kappa shape index (κ1) is 17.2. The van der Waals surface area contributed by atoms with Crippen LogP contribution in [0.2, 0.25) is 0 Å². The molecule has 0 amide bonds. The Morgan fingerprint density at radius 3 is 2.57 bits per heavy atom. The molecule has 2 aliphatic rings. The van der Waals surface area contributed by atoms with E-state index in [-0.39, 0.29) is 30.4 Å². The van der Waals surface area contributed by atoms with Crippen LogP contribution in [0.4, 0.5) is 0 Å². The van der Waals surface area contributed by atoms with E-state index in [0.717, 1.165) is 44.9 Å². The number of sulfonamides is 1. The number of hydrogen-bond acceptors (Lipinski definition) is 4. The van der Waals surface area contributed by atoms with Crippen molar-refractivity contribution < 1.29 is 18.3 Å². The highest BCUT2D eigenvalue weighted by Crippen LogP contribution is 2.35. The molecule has 1 aliphatic heterocycles. The van der Waals surface area contributed by atoms with Crippen LogP contribution in [-0.2, 0) is 14.8 Å². The van der Waals surface area contributed by atoms with Gasteiger partial charge in [-0.25, -0.2) is 8.42 Å². The average Bonchev–Trinajstić information content (AvgIpc) is 2.48. The summed E-state index contributed by atoms with van der Waals surface area (Å²) in [4.78, 5) is 0. The zero-order valence-corrected chi connectivity index (χ0v) is 13.9. The van der Waals surface area contributed by atoms with Crippen molar-refractivity contribution in [1.29, 1.82) is 0 Å². The van der Waals surface area contributed by atoms with Gasteiger partial charge in [-0.15, -0.1) is 0 Å². The minimum Gasteiger partial charge on any atom is -0.393 e. The quantitative estimate of drug-likeness (QED) is 0.758. The molecule has 0 bridgehead atoms. The molecule has 3 atom stereocenters. The lowest BCUT2D eigenvalue weighted by Crippen LogP contribution is -2.52. The van der Waals surface area contributed by atoms with Gasteiger partial charge in [-0.1, -0.05) is 19.3 Å². The second-order valence-corrected chi connectivity index (χ2v) is 8.24. The first-order chi connectivity index (χ1) is 10.1. The summed E-state index contributed by atoms with van der Waals surface area (Å²) in [7, 11) is -3.28. The van der Waals surface area contributed by atoms with E-state index in [1.807, 2.05) is 6.92 Å². The third-order valence-corrected chi connectivity index (χ3v) is 6.67. The molecule has 1 N–H and O–H groups in total. The third kappa shape index (κ3) is 4.41. The van der Waals surface area contributed by atoms with E-state index in [1.54, 1.807) is 4.31 Å². The molecule has 6 heteroatoms. The molecule has 0 aromatic carbocycles. The minimum absolute atomic E-state index is 0.0133. The summed E-state index contributed by atoms with van der Waals surface area (Å²) in [6, 6.07) is -0.0133. The Morgan fingerprint density at radius 2 is 1.86 bits per heavy atom. The van der Waals surface area contributed by atoms with Gasteiger partial charge in [0.2, 0.25) is 10.0 Å². The van der Waals surface area contributed by atoms with Crippen LogP contribution in [0, 0.1) is 5.92 Å². The van der Waals surface area contributed by atoms with Crippen molar-refractivity contribution in [1.82, 2.24) is 4.31 Å². The summed E-state index contributed by atoms with van der Waals surface area (Å²) in [5.41, 5.74) is 0. The maximum atomic E-state index is 12.6. The molecule has 3 unspecified atom stereocenters. The van der Waals surface area contributed by atoms with Gasteiger partial charge in [0, 0.05) is 25.1 Å². The molecule has 0 aromatic heterocycles. The molecule has 124 valence electrons. The van der Waals surface area contributed by atoms with Gasteiger partial charge in [-0.2, -0.15) is 4.31 Å². The number of aliphatic hydroxyl groups excluding tert-OH is 1. The lowest BCUT2D eigenvalue weighted by molar-refractivity contribution is 0.0202. The van der Waals surface area contributed by atoms with Gasteiger partial charge >= 0.3 is 0 Å². The first-order valence-corrected chi connectivity index (χ1v) is 9.92. The monoisotopic (exact) mass is 319 g/mol. The summed E-state index contributed by atoms with van der Waals surface area (Å²) in [6.07, 6.45) is 6.45. The van der Waals surface area contributed by atoms with E-state index in [2.05, 4.69) is 0 Å². The van der Waals surface area contributed by atoms with E-state index in [1.165, 1.54) is 0 Å². The second kappa shape index (κ2) is 7.90. The Labute approximate surface area is 128 Å². The number of nitrogens with zero attached hydrogens (tertiary/aromatic N) is 1. The number of piperidine rings is 1. The van der Waals surface area contributed by atoms with Crippen molar-refractivity contribution >= 4 is 10.0 Å². The smallest absolute Gasteiger partial charge is 0.216 e. The SMILES string of the molecule is CCOCCS(=O)(=O)N1CCCCC1C1CCCCC1O. The van der Waals surface area contributed by atoms with Gasteiger partial charge in [0.05, 0.1) is 18.5 Å². The van der Waals surface area contributed by atoms with E-state index in [0.29, 0.717) is 13.2 Å². The van der Waals surface area contributed by atoms with Crippen LogP contribution in [0.3, 0.4) is 0 Å². The first-order valence-electron chi connectivity index (χ1n) is 8.31. The Morgan fingerprint density at radius 1 is 1.14 bits per heavy atom. The van der Waals surface area contributed by atoms with Gasteiger partial charge in [0.1, 0.15) is 0 Å². The highest BCUT2D eigenvalue weighted by molar-refractivity contribution is 7.89. The zero-order valence-electron chi connectivity index (χ0n) is 13.0. The second-order valence-electron chi connectivity index (χ2n) is 6.20. The summed E-state index contributed by atoms with van der Waals surface area (Å²) >= 11 is 0. The summed E-state index contributed by atoms with van der Waals surface area (Å²) < 4.78 is 32.1. The van der Waals surface area contributed by atoms with Crippen LogP contribution in [-0.4, -0.2) is 55.5 Å². The lowest BCUT2D eigenvalue weighted by atomic mass is 9.79. The molecule has 0 aromatic rings. The van der Waals surface area contributed by atoms with Crippen molar-refractivity contribution in [3.8, 4) is 0 Å². The van der Waals surface area contributed by atoms with Crippen molar-refractivity contribution in [3.05, 3.63) is 0 Å². The average molecular weight is 319 g/mol. The van der Waals surface area contributed by atoms with E-state index < -0.39 is 10.0 Å². The number of aliphatic hydroxyl groups is 1. The Bertz CT molecular complexity index is 412. The van der Waals surface area contributed by atoms with Crippen molar-refractivity contribution in [2.75, 3.05) is 25.5 Å². The topological polar surface area (TPSA) is 66.8 Å². The molecule has 21 heavy (non-hydrogen) atoms. The highest BCUT2D eigenvalue weighted by atomic mass is 32.2. The summed E-state index contributed by atoms with van der Waals surface area (Å²) in [6.45, 7) is 3.27. The maximum absolute atomic E-state index is 12.6. The van der Waals surface area contributed by atoms with E-state index >= 15 is 0 Å². The third-order valence-electron chi connectivity index (χ3n) is 4.82. The fourth-order valence-electron chi connectivity index (χ4n) is 3.72. The molecule has 2 fully saturated rings. The number of rotatable bonds is 6. The largest absolute Gasteiger partial charge is 0.393 e. The predicted molar refractivity (Wildman–Crippen MR) is 82.6 cm³/mol. The zero-order chi connectivity index (χ0) is 15.3. The van der Waals surface area contributed by atoms with Gasteiger partial charge in [0.25, 0.3) is 0 Å². The molecule has 0 spiro atoms. The Balaban J connectivity index is 2.07. The Hall–Kier alpha value is -0.170. The van der Waals surface area contributed by atoms with Crippen LogP contribution in [0.25, 0.3) is 0 Å². The summed E-state index contributed by atoms with van der Waals surface area (Å²) in [5.74, 6) is 0.168. The molecule has 1 heterocycles. The van der Waals surface area contributed by atoms with Crippen molar-refractivity contribution in [3.63, 3.8) is 0 Å². The van der Waals surface area contributed by atoms with Crippen molar-refractivity contribution in [2.24, 2.45) is 5.92 Å². The predicted octanol–water partition coefficient (Wildman–Crippen LogP) is 1.76. The molecule has 0 radical (unpaired) electrons. The summed E-state index contributed by atoms with van der Waals surface area (Å²) in [5, 5.41) is 10.3. The van der Waals surface area contributed by atoms with Crippen LogP contribution in [0.5, 0.6) is 0 Å². The fraction of sp³-hybridized carbons (Fsp3) is 1.00. The molecule has 5 nitrogen and oxygen atoms in total. The number of ether oxygens (including phenoxy) is 1. The van der Waals surface area contributed by atoms with Gasteiger partial charge in [0.15, 0.2) is 0 Å². The maximum Gasteiger partial charge on any atom is 0.216 e. The van der Waals surface area contributed by atoms with Gasteiger partial charge in [-0.3, -0.25) is 0 Å². The van der Waals surface area contributed by atoms with E-state index in [4.69, 9.17) is 4.74 Å². The molecule has 2 rings (SSSR count). The fourth-order valence-corrected chi connectivity index (χ4v) is 5.36. The normalized spacial score (nSPS) is 32.2. The van der Waals surface area contributed by atoms with Crippen molar-refractivity contribution in [2.45, 2.75) is 64.0 Å². The van der Waals surface area contributed by atoms with Crippen LogP contribution < -0.4 is 0 Å². The minimum atomic E-state index is -3.28. The molecule has 1 saturated heterocycles. The van der Waals surface area contributed by atoms with E-state index in [9.17, 15) is 13.5 Å². The van der Waals surface area contributed by atoms with Crippen LogP contribution >= 0.6 is 0 Å². The lowest BCUT2D eigenvalue weighted by Gasteiger charge is -2.42. The van der Waals surface area contributed by atoms with Gasteiger partial charge < -0.3 is 9.84 Å². The van der Waals surface area contributed by atoms with Crippen LogP contribution in [0.1, 0.15) is 51.9 Å². The standard InChI is InChI=1S/C15H29NO4S/c1-2-20-11-12-21(18,19)16-10-6-5-8-14(16)13-7-3-4-9-15(13)17/h13-15,17H,2-12H2,1H3. The molecule has 1 aliphatic carbocycles. The van der Waals surface area contributed by atoms with Crippen LogP contribution in [0.15, 0.2) is 0 Å². The highest BCUT2D eigenvalue weighted by Gasteiger charge is 2.40. The molecule has 1 saturated carbocycles. The molecular weight excluding hydrogens is 290 g/mol. The Kier molecular flexibility index (Phi) is 6.47.